The molecule has 0 radical (unpaired) electrons. The maximum absolute atomic E-state index is 12.7. The molecule has 37 heavy (non-hydrogen) atoms. The predicted octanol–water partition coefficient (Wildman–Crippen LogP) is 3.30. The number of nitrogens with zero attached hydrogens (tertiary/aromatic N) is 4. The second-order valence-corrected chi connectivity index (χ2v) is 9.07. The zero-order valence-corrected chi connectivity index (χ0v) is 20.0. The first-order valence-corrected chi connectivity index (χ1v) is 12.0. The number of hydrogen-bond acceptors (Lipinski definition) is 9. The van der Waals surface area contributed by atoms with Gasteiger partial charge in [-0.15, -0.1) is 13.2 Å². The van der Waals surface area contributed by atoms with Gasteiger partial charge in [0.1, 0.15) is 11.9 Å². The molecule has 4 rings (SSSR count). The van der Waals surface area contributed by atoms with Crippen LogP contribution in [0, 0.1) is 16.0 Å². The van der Waals surface area contributed by atoms with E-state index in [4.69, 9.17) is 0 Å². The van der Waals surface area contributed by atoms with Crippen LogP contribution in [0.5, 0.6) is 5.75 Å². The molecule has 2 aromatic rings. The monoisotopic (exact) mass is 523 g/mol. The topological polar surface area (TPSA) is 135 Å². The molecule has 2 aliphatic rings. The molecule has 3 N–H and O–H groups in total. The van der Waals surface area contributed by atoms with E-state index in [-0.39, 0.29) is 47.1 Å². The molecule has 1 aromatic heterocycles. The maximum Gasteiger partial charge on any atom is 0.573 e. The molecular formula is C23H28F3N7O4. The Bertz CT molecular complexity index is 1110. The highest BCUT2D eigenvalue weighted by Gasteiger charge is 2.32. The Morgan fingerprint density at radius 2 is 1.95 bits per heavy atom. The summed E-state index contributed by atoms with van der Waals surface area (Å²) in [7, 11) is 0. The number of para-hydroxylation sites is 1. The number of rotatable bonds is 9. The summed E-state index contributed by atoms with van der Waals surface area (Å²) in [5, 5.41) is 20.2. The first-order chi connectivity index (χ1) is 17.7. The quantitative estimate of drug-likeness (QED) is 0.334. The zero-order chi connectivity index (χ0) is 26.4. The lowest BCUT2D eigenvalue weighted by molar-refractivity contribution is -0.384. The lowest BCUT2D eigenvalue weighted by atomic mass is 9.85. The highest BCUT2D eigenvalue weighted by molar-refractivity contribution is 5.78. The van der Waals surface area contributed by atoms with Crippen LogP contribution in [0.2, 0.25) is 0 Å². The molecule has 11 nitrogen and oxygen atoms in total. The number of anilines is 2. The van der Waals surface area contributed by atoms with E-state index >= 15 is 0 Å². The maximum atomic E-state index is 12.7. The minimum Gasteiger partial charge on any atom is -0.405 e. The lowest BCUT2D eigenvalue weighted by Gasteiger charge is -2.38. The molecule has 1 aliphatic carbocycles. The van der Waals surface area contributed by atoms with Crippen molar-refractivity contribution in [1.82, 2.24) is 20.2 Å². The number of alkyl halides is 3. The van der Waals surface area contributed by atoms with Crippen LogP contribution in [0.1, 0.15) is 31.2 Å². The Morgan fingerprint density at radius 1 is 1.19 bits per heavy atom. The van der Waals surface area contributed by atoms with Crippen molar-refractivity contribution in [3.8, 4) is 5.75 Å². The summed E-state index contributed by atoms with van der Waals surface area (Å²) >= 11 is 0. The van der Waals surface area contributed by atoms with E-state index in [2.05, 4.69) is 35.6 Å². The molecule has 0 atom stereocenters. The van der Waals surface area contributed by atoms with Gasteiger partial charge < -0.3 is 20.7 Å². The van der Waals surface area contributed by atoms with Crippen molar-refractivity contribution in [3.05, 3.63) is 46.1 Å². The van der Waals surface area contributed by atoms with Crippen molar-refractivity contribution in [3.63, 3.8) is 0 Å². The van der Waals surface area contributed by atoms with E-state index in [1.807, 2.05) is 0 Å². The van der Waals surface area contributed by atoms with Gasteiger partial charge in [-0.3, -0.25) is 19.8 Å². The minimum atomic E-state index is -4.83. The van der Waals surface area contributed by atoms with Gasteiger partial charge in [-0.1, -0.05) is 18.2 Å². The van der Waals surface area contributed by atoms with E-state index in [1.165, 1.54) is 18.2 Å². The zero-order valence-electron chi connectivity index (χ0n) is 20.0. The largest absolute Gasteiger partial charge is 0.573 e. The molecule has 1 amide bonds. The standard InChI is InChI=1S/C23H28F3N7O4/c24-23(25,26)37-19-4-2-1-3-16(19)12-29-22-30-13-18(33(35)36)21(31-22)28-11-15-5-7-17(8-6-15)32-10-9-27-20(34)14-32/h1-4,13,15,17H,5-12,14H2,(H,27,34)(H2,28,29,30,31). The molecule has 14 heteroatoms. The van der Waals surface area contributed by atoms with Gasteiger partial charge in [-0.2, -0.15) is 4.98 Å². The summed E-state index contributed by atoms with van der Waals surface area (Å²) in [6.07, 6.45) is -0.0619. The molecule has 0 spiro atoms. The van der Waals surface area contributed by atoms with Crippen LogP contribution < -0.4 is 20.7 Å². The van der Waals surface area contributed by atoms with E-state index in [0.717, 1.165) is 38.4 Å². The number of benzene rings is 1. The number of aromatic nitrogens is 2. The van der Waals surface area contributed by atoms with Gasteiger partial charge in [0.25, 0.3) is 0 Å². The summed E-state index contributed by atoms with van der Waals surface area (Å²) in [6.45, 7) is 2.32. The molecular weight excluding hydrogens is 495 g/mol. The van der Waals surface area contributed by atoms with Gasteiger partial charge in [-0.25, -0.2) is 4.98 Å². The number of carbonyl (C=O) groups is 1. The van der Waals surface area contributed by atoms with Crippen molar-refractivity contribution in [2.24, 2.45) is 5.92 Å². The van der Waals surface area contributed by atoms with Crippen LogP contribution >= 0.6 is 0 Å². The first kappa shape index (κ1) is 26.4. The highest BCUT2D eigenvalue weighted by atomic mass is 19.4. The van der Waals surface area contributed by atoms with E-state index < -0.39 is 11.3 Å². The molecule has 0 unspecified atom stereocenters. The average molecular weight is 524 g/mol. The number of ether oxygens (including phenoxy) is 1. The van der Waals surface area contributed by atoms with E-state index in [9.17, 15) is 28.1 Å². The number of nitrogens with one attached hydrogen (secondary N) is 3. The van der Waals surface area contributed by atoms with Gasteiger partial charge in [0.2, 0.25) is 17.7 Å². The van der Waals surface area contributed by atoms with Crippen LogP contribution in [-0.2, 0) is 11.3 Å². The Morgan fingerprint density at radius 3 is 2.65 bits per heavy atom. The van der Waals surface area contributed by atoms with E-state index in [0.29, 0.717) is 25.7 Å². The molecule has 2 heterocycles. The molecule has 0 bridgehead atoms. The minimum absolute atomic E-state index is 0.0296. The molecule has 1 saturated carbocycles. The van der Waals surface area contributed by atoms with E-state index in [1.54, 1.807) is 6.07 Å². The second kappa shape index (κ2) is 11.6. The van der Waals surface area contributed by atoms with Crippen LogP contribution in [-0.4, -0.2) is 64.3 Å². The van der Waals surface area contributed by atoms with Gasteiger partial charge in [-0.05, 0) is 37.7 Å². The van der Waals surface area contributed by atoms with Gasteiger partial charge >= 0.3 is 12.0 Å². The van der Waals surface area contributed by atoms with Crippen LogP contribution in [0.25, 0.3) is 0 Å². The van der Waals surface area contributed by atoms with Gasteiger partial charge in [0, 0.05) is 37.8 Å². The fourth-order valence-corrected chi connectivity index (χ4v) is 4.70. The fraction of sp³-hybridized carbons (Fsp3) is 0.522. The summed E-state index contributed by atoms with van der Waals surface area (Å²) in [4.78, 5) is 32.9. The van der Waals surface area contributed by atoms with Crippen LogP contribution in [0.4, 0.5) is 30.6 Å². The number of halogens is 3. The third kappa shape index (κ3) is 7.41. The molecule has 2 fully saturated rings. The Hall–Kier alpha value is -3.68. The number of amides is 1. The normalized spacial score (nSPS) is 20.7. The van der Waals surface area contributed by atoms with Crippen molar-refractivity contribution < 1.29 is 27.6 Å². The van der Waals surface area contributed by atoms with Crippen LogP contribution in [0.15, 0.2) is 30.5 Å². The first-order valence-electron chi connectivity index (χ1n) is 12.0. The molecule has 1 saturated heterocycles. The van der Waals surface area contributed by atoms with Crippen molar-refractivity contribution in [1.29, 1.82) is 0 Å². The number of piperazine rings is 1. The summed E-state index contributed by atoms with van der Waals surface area (Å²) < 4.78 is 42.1. The molecule has 200 valence electrons. The molecule has 1 aliphatic heterocycles. The summed E-state index contributed by atoms with van der Waals surface area (Å²) in [5.41, 5.74) is -0.0707. The Balaban J connectivity index is 1.35. The highest BCUT2D eigenvalue weighted by Crippen LogP contribution is 2.30. The van der Waals surface area contributed by atoms with Crippen molar-refractivity contribution in [2.45, 2.75) is 44.6 Å². The second-order valence-electron chi connectivity index (χ2n) is 9.07. The van der Waals surface area contributed by atoms with Crippen molar-refractivity contribution in [2.75, 3.05) is 36.8 Å². The number of carbonyl (C=O) groups excluding carboxylic acids is 1. The van der Waals surface area contributed by atoms with Gasteiger partial charge in [0.05, 0.1) is 11.5 Å². The number of hydrogen-bond donors (Lipinski definition) is 3. The third-order valence-electron chi connectivity index (χ3n) is 6.56. The van der Waals surface area contributed by atoms with Crippen molar-refractivity contribution >= 4 is 23.4 Å². The Kier molecular flexibility index (Phi) is 8.26. The predicted molar refractivity (Wildman–Crippen MR) is 128 cm³/mol. The summed E-state index contributed by atoms with van der Waals surface area (Å²) in [6, 6.07) is 6.01. The van der Waals surface area contributed by atoms with Gasteiger partial charge in [0.15, 0.2) is 0 Å². The average Bonchev–Trinajstić information content (AvgIpc) is 2.86. The smallest absolute Gasteiger partial charge is 0.405 e. The Labute approximate surface area is 210 Å². The fourth-order valence-electron chi connectivity index (χ4n) is 4.70. The SMILES string of the molecule is O=C1CN(C2CCC(CNc3nc(NCc4ccccc4OC(F)(F)F)ncc3[N+](=O)[O-])CC2)CCN1. The number of nitro groups is 1. The lowest BCUT2D eigenvalue weighted by Crippen LogP contribution is -2.52. The van der Waals surface area contributed by atoms with Crippen LogP contribution in [0.3, 0.4) is 0 Å². The molecule has 1 aromatic carbocycles. The third-order valence-corrected chi connectivity index (χ3v) is 6.56. The summed E-state index contributed by atoms with van der Waals surface area (Å²) in [5.74, 6) is 0.0434.